The van der Waals surface area contributed by atoms with E-state index in [-0.39, 0.29) is 0 Å². The van der Waals surface area contributed by atoms with Gasteiger partial charge in [-0.1, -0.05) is 13.3 Å². The Kier molecular flexibility index (Phi) is 3.68. The molecule has 104 valence electrons. The van der Waals surface area contributed by atoms with Crippen LogP contribution >= 0.6 is 0 Å². The van der Waals surface area contributed by atoms with Crippen molar-refractivity contribution in [1.29, 1.82) is 0 Å². The Labute approximate surface area is 113 Å². The largest absolute Gasteiger partial charge is 0.305 e. The Morgan fingerprint density at radius 1 is 1.00 bits per heavy atom. The van der Waals surface area contributed by atoms with E-state index >= 15 is 0 Å². The molecule has 0 amide bonds. The molecule has 0 unspecified atom stereocenters. The smallest absolute Gasteiger partial charge is 0.00957 e. The number of hydrogen-bond acceptors (Lipinski definition) is 2. The highest BCUT2D eigenvalue weighted by atomic mass is 15.2. The lowest BCUT2D eigenvalue weighted by molar-refractivity contribution is -0.0342. The van der Waals surface area contributed by atoms with Crippen molar-refractivity contribution < 1.29 is 0 Å². The molecule has 0 aromatic heterocycles. The van der Waals surface area contributed by atoms with Gasteiger partial charge in [-0.05, 0) is 70.0 Å². The molecule has 2 nitrogen and oxygen atoms in total. The molecule has 18 heavy (non-hydrogen) atoms. The molecule has 3 rings (SSSR count). The zero-order chi connectivity index (χ0) is 12.6. The standard InChI is InChI=1S/C16H30N2/c1-3-14-6-10-18(11-7-14)15-4-8-16(9-5-15)12-17(2)13-16/h14-15H,3-13H2,1-2H3. The van der Waals surface area contributed by atoms with Crippen LogP contribution in [0.15, 0.2) is 0 Å². The van der Waals surface area contributed by atoms with E-state index in [0.717, 1.165) is 17.4 Å². The van der Waals surface area contributed by atoms with E-state index in [1.165, 1.54) is 71.1 Å². The molecule has 2 heterocycles. The molecular formula is C16H30N2. The van der Waals surface area contributed by atoms with Gasteiger partial charge in [-0.15, -0.1) is 0 Å². The first-order valence-electron chi connectivity index (χ1n) is 8.13. The van der Waals surface area contributed by atoms with Gasteiger partial charge in [-0.2, -0.15) is 0 Å². The molecule has 3 fully saturated rings. The maximum absolute atomic E-state index is 2.82. The minimum atomic E-state index is 0.743. The van der Waals surface area contributed by atoms with Crippen molar-refractivity contribution in [2.45, 2.75) is 57.9 Å². The maximum atomic E-state index is 2.82. The van der Waals surface area contributed by atoms with Gasteiger partial charge >= 0.3 is 0 Å². The van der Waals surface area contributed by atoms with Gasteiger partial charge < -0.3 is 9.80 Å². The van der Waals surface area contributed by atoms with E-state index in [4.69, 9.17) is 0 Å². The van der Waals surface area contributed by atoms with Gasteiger partial charge in [0, 0.05) is 19.1 Å². The lowest BCUT2D eigenvalue weighted by atomic mass is 9.67. The summed E-state index contributed by atoms with van der Waals surface area (Å²) in [6, 6.07) is 0.930. The first kappa shape index (κ1) is 12.9. The third-order valence-corrected chi connectivity index (χ3v) is 5.97. The summed E-state index contributed by atoms with van der Waals surface area (Å²) in [7, 11) is 2.27. The fourth-order valence-electron chi connectivity index (χ4n) is 4.72. The molecule has 1 aliphatic carbocycles. The molecule has 1 spiro atoms. The minimum absolute atomic E-state index is 0.743. The van der Waals surface area contributed by atoms with Gasteiger partial charge in [-0.25, -0.2) is 0 Å². The molecule has 0 atom stereocenters. The molecule has 2 saturated heterocycles. The average Bonchev–Trinajstić information content (AvgIpc) is 2.38. The Bertz CT molecular complexity index is 265. The fraction of sp³-hybridized carbons (Fsp3) is 1.00. The van der Waals surface area contributed by atoms with Crippen molar-refractivity contribution in [1.82, 2.24) is 9.80 Å². The van der Waals surface area contributed by atoms with Gasteiger partial charge in [0.1, 0.15) is 0 Å². The summed E-state index contributed by atoms with van der Waals surface area (Å²) < 4.78 is 0. The van der Waals surface area contributed by atoms with Gasteiger partial charge in [-0.3, -0.25) is 0 Å². The van der Waals surface area contributed by atoms with Crippen LogP contribution in [0.2, 0.25) is 0 Å². The molecule has 0 N–H and O–H groups in total. The van der Waals surface area contributed by atoms with Crippen LogP contribution in [0.25, 0.3) is 0 Å². The number of piperidine rings is 1. The second-order valence-corrected chi connectivity index (χ2v) is 7.29. The van der Waals surface area contributed by atoms with Crippen molar-refractivity contribution >= 4 is 0 Å². The van der Waals surface area contributed by atoms with E-state index < -0.39 is 0 Å². The van der Waals surface area contributed by atoms with Gasteiger partial charge in [0.25, 0.3) is 0 Å². The molecule has 0 radical (unpaired) electrons. The zero-order valence-electron chi connectivity index (χ0n) is 12.3. The number of nitrogens with zero attached hydrogens (tertiary/aromatic N) is 2. The van der Waals surface area contributed by atoms with E-state index in [0.29, 0.717) is 0 Å². The Morgan fingerprint density at radius 2 is 1.61 bits per heavy atom. The van der Waals surface area contributed by atoms with Gasteiger partial charge in [0.05, 0.1) is 0 Å². The summed E-state index contributed by atoms with van der Waals surface area (Å²) in [4.78, 5) is 5.31. The van der Waals surface area contributed by atoms with Crippen LogP contribution in [0.4, 0.5) is 0 Å². The summed E-state index contributed by atoms with van der Waals surface area (Å²) in [6.45, 7) is 7.87. The van der Waals surface area contributed by atoms with Crippen LogP contribution in [-0.2, 0) is 0 Å². The Balaban J connectivity index is 1.46. The third kappa shape index (κ3) is 2.46. The van der Waals surface area contributed by atoms with Crippen molar-refractivity contribution in [2.75, 3.05) is 33.2 Å². The molecular weight excluding hydrogens is 220 g/mol. The molecule has 0 aromatic rings. The fourth-order valence-corrected chi connectivity index (χ4v) is 4.72. The highest BCUT2D eigenvalue weighted by Crippen LogP contribution is 2.44. The van der Waals surface area contributed by atoms with E-state index in [1.807, 2.05) is 0 Å². The van der Waals surface area contributed by atoms with E-state index in [9.17, 15) is 0 Å². The molecule has 2 aliphatic heterocycles. The SMILES string of the molecule is CCC1CCN(C2CCC3(CC2)CN(C)C3)CC1. The summed E-state index contributed by atoms with van der Waals surface area (Å²) in [5.74, 6) is 1.02. The van der Waals surface area contributed by atoms with Crippen LogP contribution < -0.4 is 0 Å². The van der Waals surface area contributed by atoms with Crippen LogP contribution in [-0.4, -0.2) is 49.1 Å². The molecule has 3 aliphatic rings. The number of rotatable bonds is 2. The predicted octanol–water partition coefficient (Wildman–Crippen LogP) is 2.98. The molecule has 0 aromatic carbocycles. The molecule has 0 bridgehead atoms. The van der Waals surface area contributed by atoms with Crippen molar-refractivity contribution in [3.05, 3.63) is 0 Å². The quantitative estimate of drug-likeness (QED) is 0.743. The van der Waals surface area contributed by atoms with Crippen LogP contribution in [0, 0.1) is 11.3 Å². The summed E-state index contributed by atoms with van der Waals surface area (Å²) in [5.41, 5.74) is 0.743. The highest BCUT2D eigenvalue weighted by molar-refractivity contribution is 4.98. The van der Waals surface area contributed by atoms with Crippen LogP contribution in [0.5, 0.6) is 0 Å². The maximum Gasteiger partial charge on any atom is 0.00957 e. The zero-order valence-corrected chi connectivity index (χ0v) is 12.3. The van der Waals surface area contributed by atoms with E-state index in [2.05, 4.69) is 23.8 Å². The highest BCUT2D eigenvalue weighted by Gasteiger charge is 2.44. The second-order valence-electron chi connectivity index (χ2n) is 7.29. The first-order valence-corrected chi connectivity index (χ1v) is 8.13. The van der Waals surface area contributed by atoms with Gasteiger partial charge in [0.15, 0.2) is 0 Å². The Morgan fingerprint density at radius 3 is 2.11 bits per heavy atom. The summed E-state index contributed by atoms with van der Waals surface area (Å²) in [6.07, 6.45) is 10.3. The van der Waals surface area contributed by atoms with Crippen LogP contribution in [0.1, 0.15) is 51.9 Å². The predicted molar refractivity (Wildman–Crippen MR) is 76.8 cm³/mol. The van der Waals surface area contributed by atoms with Crippen molar-refractivity contribution in [2.24, 2.45) is 11.3 Å². The first-order chi connectivity index (χ1) is 8.71. The summed E-state index contributed by atoms with van der Waals surface area (Å²) in [5, 5.41) is 0. The van der Waals surface area contributed by atoms with Crippen LogP contribution in [0.3, 0.4) is 0 Å². The van der Waals surface area contributed by atoms with Crippen molar-refractivity contribution in [3.8, 4) is 0 Å². The van der Waals surface area contributed by atoms with E-state index in [1.54, 1.807) is 0 Å². The number of likely N-dealkylation sites (tertiary alicyclic amines) is 2. The Hall–Kier alpha value is -0.0800. The average molecular weight is 250 g/mol. The molecule has 1 saturated carbocycles. The number of hydrogen-bond donors (Lipinski definition) is 0. The van der Waals surface area contributed by atoms with Gasteiger partial charge in [0.2, 0.25) is 0 Å². The topological polar surface area (TPSA) is 6.48 Å². The monoisotopic (exact) mass is 250 g/mol. The summed E-state index contributed by atoms with van der Waals surface area (Å²) >= 11 is 0. The van der Waals surface area contributed by atoms with Crippen molar-refractivity contribution in [3.63, 3.8) is 0 Å². The second kappa shape index (κ2) is 5.13. The normalized spacial score (nSPS) is 31.7. The lowest BCUT2D eigenvalue weighted by Crippen LogP contribution is -2.57. The minimum Gasteiger partial charge on any atom is -0.305 e. The molecule has 2 heteroatoms. The third-order valence-electron chi connectivity index (χ3n) is 5.97. The lowest BCUT2D eigenvalue weighted by Gasteiger charge is -2.53.